The Kier molecular flexibility index (Phi) is 3.96. The Balaban J connectivity index is 4.26. The molecule has 0 aliphatic rings. The van der Waals surface area contributed by atoms with Gasteiger partial charge in [-0.3, -0.25) is 0 Å². The van der Waals surface area contributed by atoms with Gasteiger partial charge in [-0.15, -0.1) is 0 Å². The first-order chi connectivity index (χ1) is 4.85. The highest BCUT2D eigenvalue weighted by Crippen LogP contribution is 1.74. The Bertz CT molecular complexity index is 217. The molecule has 0 rings (SSSR count). The molecule has 0 amide bonds. The zero-order valence-corrected chi connectivity index (χ0v) is 4.79. The van der Waals surface area contributed by atoms with E-state index >= 15 is 0 Å². The third kappa shape index (κ3) is 2.96. The van der Waals surface area contributed by atoms with Crippen LogP contribution in [0, 0.1) is 36.5 Å². The summed E-state index contributed by atoms with van der Waals surface area (Å²) in [5, 5.41) is 24.0. The molecule has 0 fully saturated rings. The average molecular weight is 137 g/mol. The normalized spacial score (nSPS) is 4.80. The lowest BCUT2D eigenvalue weighted by Gasteiger charge is -1.90. The summed E-state index contributed by atoms with van der Waals surface area (Å²) in [6.07, 6.45) is 4.46. The van der Waals surface area contributed by atoms with Crippen LogP contribution in [0.15, 0.2) is 0 Å². The highest BCUT2D eigenvalue weighted by atomic mass is 16.2. The molecule has 0 saturated carbocycles. The average Bonchev–Trinajstić information content (AvgIpc) is 1.90. The third-order valence-electron chi connectivity index (χ3n) is 0.485. The van der Waals surface area contributed by atoms with Crippen molar-refractivity contribution in [2.24, 2.45) is 0 Å². The van der Waals surface area contributed by atoms with Crippen LogP contribution < -0.4 is 0 Å². The van der Waals surface area contributed by atoms with Gasteiger partial charge in [-0.05, 0) is 0 Å². The minimum absolute atomic E-state index is 0.708. The maximum absolute atomic E-state index is 7.99. The van der Waals surface area contributed by atoms with Crippen molar-refractivity contribution in [3.05, 3.63) is 0 Å². The molecule has 0 aliphatic heterocycles. The number of nitrogens with zero attached hydrogens (tertiary/aromatic N) is 1. The Morgan fingerprint density at radius 2 is 1.00 bits per heavy atom. The fraction of sp³-hybridized carbons (Fsp3) is 0. The van der Waals surface area contributed by atoms with E-state index in [1.54, 1.807) is 0 Å². The molecule has 50 valence electrons. The fourth-order valence-electron chi connectivity index (χ4n) is 0.234. The summed E-state index contributed by atoms with van der Waals surface area (Å²) in [5.74, 6) is 0. The van der Waals surface area contributed by atoms with Gasteiger partial charge in [-0.25, -0.2) is 0 Å². The molecule has 0 aromatic carbocycles. The first kappa shape index (κ1) is 7.88. The van der Waals surface area contributed by atoms with Crippen molar-refractivity contribution in [1.29, 1.82) is 0 Å². The van der Waals surface area contributed by atoms with E-state index in [0.717, 1.165) is 0 Å². The monoisotopic (exact) mass is 137 g/mol. The maximum atomic E-state index is 7.99. The van der Waals surface area contributed by atoms with E-state index in [1.165, 1.54) is 18.3 Å². The van der Waals surface area contributed by atoms with Crippen LogP contribution in [0.25, 0.3) is 0 Å². The van der Waals surface area contributed by atoms with E-state index in [2.05, 4.69) is 0 Å². The quantitative estimate of drug-likeness (QED) is 0.301. The van der Waals surface area contributed by atoms with Crippen LogP contribution >= 0.6 is 0 Å². The zero-order chi connectivity index (χ0) is 7.82. The third-order valence-corrected chi connectivity index (χ3v) is 0.485. The van der Waals surface area contributed by atoms with Crippen LogP contribution in [0.1, 0.15) is 0 Å². The molecule has 0 heterocycles. The fourth-order valence-corrected chi connectivity index (χ4v) is 0.234. The van der Waals surface area contributed by atoms with Gasteiger partial charge in [-0.1, -0.05) is 0 Å². The van der Waals surface area contributed by atoms with Gasteiger partial charge in [0.05, 0.1) is 18.1 Å². The number of aliphatic hydroxyl groups excluding tert-OH is 3. The van der Waals surface area contributed by atoms with Crippen LogP contribution in [-0.2, 0) is 0 Å². The summed E-state index contributed by atoms with van der Waals surface area (Å²) in [6, 6.07) is 5.87. The minimum atomic E-state index is 0.708. The van der Waals surface area contributed by atoms with E-state index < -0.39 is 0 Å². The predicted octanol–water partition coefficient (Wildman–Crippen LogP) is -0.839. The first-order valence-corrected chi connectivity index (χ1v) is 2.09. The Morgan fingerprint density at radius 1 is 0.700 bits per heavy atom. The van der Waals surface area contributed by atoms with Crippen molar-refractivity contribution in [2.75, 3.05) is 0 Å². The van der Waals surface area contributed by atoms with E-state index in [1.807, 2.05) is 18.1 Å². The van der Waals surface area contributed by atoms with Gasteiger partial charge in [0.1, 0.15) is 18.3 Å². The van der Waals surface area contributed by atoms with Gasteiger partial charge >= 0.3 is 0 Å². The molecule has 3 N–H and O–H groups in total. The molecule has 0 aromatic rings. The molecular weight excluding hydrogens is 134 g/mol. The molecule has 4 heteroatoms. The zero-order valence-electron chi connectivity index (χ0n) is 4.79. The molecular formula is C6H3NO3. The lowest BCUT2D eigenvalue weighted by atomic mass is 10.8. The van der Waals surface area contributed by atoms with E-state index in [-0.39, 0.29) is 0 Å². The largest absolute Gasteiger partial charge is 0.461 e. The van der Waals surface area contributed by atoms with Crippen LogP contribution in [-0.4, -0.2) is 20.2 Å². The molecule has 0 radical (unpaired) electrons. The topological polar surface area (TPSA) is 63.9 Å². The van der Waals surface area contributed by atoms with Crippen LogP contribution in [0.3, 0.4) is 0 Å². The van der Waals surface area contributed by atoms with Crippen molar-refractivity contribution < 1.29 is 15.3 Å². The number of rotatable bonds is 0. The maximum Gasteiger partial charge on any atom is 0.133 e. The molecule has 0 aromatic heterocycles. The number of aliphatic hydroxyl groups is 3. The van der Waals surface area contributed by atoms with Crippen LogP contribution in [0.2, 0.25) is 0 Å². The highest BCUT2D eigenvalue weighted by molar-refractivity contribution is 5.13. The smallest absolute Gasteiger partial charge is 0.133 e. The molecule has 4 nitrogen and oxygen atoms in total. The number of hydrogen-bond donors (Lipinski definition) is 3. The van der Waals surface area contributed by atoms with E-state index in [0.29, 0.717) is 4.90 Å². The number of hydrogen-bond acceptors (Lipinski definition) is 4. The van der Waals surface area contributed by atoms with Crippen LogP contribution in [0.5, 0.6) is 0 Å². The Morgan fingerprint density at radius 3 is 1.20 bits per heavy atom. The summed E-state index contributed by atoms with van der Waals surface area (Å²) >= 11 is 0. The summed E-state index contributed by atoms with van der Waals surface area (Å²) in [5.41, 5.74) is 0. The predicted molar refractivity (Wildman–Crippen MR) is 31.0 cm³/mol. The highest BCUT2D eigenvalue weighted by Gasteiger charge is 1.84. The summed E-state index contributed by atoms with van der Waals surface area (Å²) in [4.78, 5) is 0.708. The Hall–Kier alpha value is -2.12. The van der Waals surface area contributed by atoms with Gasteiger partial charge < -0.3 is 15.3 Å². The van der Waals surface area contributed by atoms with Gasteiger partial charge in [0.25, 0.3) is 0 Å². The lowest BCUT2D eigenvalue weighted by molar-refractivity contribution is 0.502. The molecule has 10 heavy (non-hydrogen) atoms. The van der Waals surface area contributed by atoms with Crippen molar-refractivity contribution in [1.82, 2.24) is 4.90 Å². The lowest BCUT2D eigenvalue weighted by Crippen LogP contribution is -2.01. The van der Waals surface area contributed by atoms with Gasteiger partial charge in [0, 0.05) is 0 Å². The van der Waals surface area contributed by atoms with E-state index in [4.69, 9.17) is 15.3 Å². The van der Waals surface area contributed by atoms with Gasteiger partial charge in [0.15, 0.2) is 0 Å². The SMILES string of the molecule is OC#CN(C#CO)C#CO. The molecule has 0 spiro atoms. The minimum Gasteiger partial charge on any atom is -0.461 e. The van der Waals surface area contributed by atoms with Gasteiger partial charge in [0.2, 0.25) is 0 Å². The summed E-state index contributed by atoms with van der Waals surface area (Å²) in [7, 11) is 0. The first-order valence-electron chi connectivity index (χ1n) is 2.09. The molecule has 0 unspecified atom stereocenters. The van der Waals surface area contributed by atoms with Crippen molar-refractivity contribution in [3.63, 3.8) is 0 Å². The molecule has 0 bridgehead atoms. The summed E-state index contributed by atoms with van der Waals surface area (Å²) in [6.45, 7) is 0. The van der Waals surface area contributed by atoms with Crippen molar-refractivity contribution in [3.8, 4) is 36.5 Å². The second kappa shape index (κ2) is 5.03. The second-order valence-corrected chi connectivity index (χ2v) is 1.01. The van der Waals surface area contributed by atoms with Crippen molar-refractivity contribution >= 4 is 0 Å². The van der Waals surface area contributed by atoms with Crippen molar-refractivity contribution in [2.45, 2.75) is 0 Å². The van der Waals surface area contributed by atoms with E-state index in [9.17, 15) is 0 Å². The van der Waals surface area contributed by atoms with Crippen LogP contribution in [0.4, 0.5) is 0 Å². The molecule has 0 saturated heterocycles. The molecule has 0 aliphatic carbocycles. The second-order valence-electron chi connectivity index (χ2n) is 1.01. The Labute approximate surface area is 57.7 Å². The van der Waals surface area contributed by atoms with Gasteiger partial charge in [-0.2, -0.15) is 4.90 Å². The standard InChI is InChI=1S/C6H3NO3/c8-4-1-7(2-5-9)3-6-10/h8-10H. The summed E-state index contributed by atoms with van der Waals surface area (Å²) < 4.78 is 0. The molecule has 0 atom stereocenters.